The van der Waals surface area contributed by atoms with Crippen LogP contribution < -0.4 is 4.74 Å². The summed E-state index contributed by atoms with van der Waals surface area (Å²) in [5, 5.41) is 0.579. The summed E-state index contributed by atoms with van der Waals surface area (Å²) in [5.41, 5.74) is 1.89. The van der Waals surface area contributed by atoms with Crippen LogP contribution in [-0.4, -0.2) is 34.6 Å². The fraction of sp³-hybridized carbons (Fsp3) is 0.467. The Labute approximate surface area is 133 Å². The Kier molecular flexibility index (Phi) is 5.06. The zero-order valence-electron chi connectivity index (χ0n) is 11.7. The summed E-state index contributed by atoms with van der Waals surface area (Å²) in [7, 11) is 0. The van der Waals surface area contributed by atoms with Gasteiger partial charge < -0.3 is 4.74 Å². The van der Waals surface area contributed by atoms with E-state index in [-0.39, 0.29) is 0 Å². The molecule has 0 bridgehead atoms. The van der Waals surface area contributed by atoms with E-state index < -0.39 is 0 Å². The van der Waals surface area contributed by atoms with Gasteiger partial charge >= 0.3 is 0 Å². The molecule has 21 heavy (non-hydrogen) atoms. The molecular weight excluding hydrogens is 306 g/mol. The van der Waals surface area contributed by atoms with Crippen LogP contribution in [0.2, 0.25) is 5.02 Å². The van der Waals surface area contributed by atoms with E-state index in [2.05, 4.69) is 14.9 Å². The first kappa shape index (κ1) is 14.8. The molecule has 1 aliphatic rings. The molecule has 2 aromatic heterocycles. The maximum Gasteiger partial charge on any atom is 0.232 e. The number of hydrogen-bond acceptors (Lipinski definition) is 5. The molecule has 0 amide bonds. The van der Waals surface area contributed by atoms with Gasteiger partial charge in [-0.3, -0.25) is 9.88 Å². The van der Waals surface area contributed by atoms with Gasteiger partial charge in [-0.25, -0.2) is 4.98 Å². The summed E-state index contributed by atoms with van der Waals surface area (Å²) in [4.78, 5) is 12.1. The Balaban J connectivity index is 1.51. The van der Waals surface area contributed by atoms with Crippen molar-refractivity contribution in [2.75, 3.05) is 19.7 Å². The van der Waals surface area contributed by atoms with Crippen LogP contribution >= 0.6 is 22.9 Å². The van der Waals surface area contributed by atoms with E-state index in [4.69, 9.17) is 16.3 Å². The van der Waals surface area contributed by atoms with Gasteiger partial charge in [0, 0.05) is 36.3 Å². The Morgan fingerprint density at radius 3 is 3.24 bits per heavy atom. The number of rotatable bonds is 5. The number of thiazole rings is 1. The summed E-state index contributed by atoms with van der Waals surface area (Å²) in [6.45, 7) is 3.88. The van der Waals surface area contributed by atoms with Crippen molar-refractivity contribution < 1.29 is 4.74 Å². The smallest absolute Gasteiger partial charge is 0.232 e. The lowest BCUT2D eigenvalue weighted by Crippen LogP contribution is -2.37. The number of pyridine rings is 1. The van der Waals surface area contributed by atoms with E-state index >= 15 is 0 Å². The number of nitrogens with zero attached hydrogens (tertiary/aromatic N) is 3. The van der Waals surface area contributed by atoms with Gasteiger partial charge in [0.25, 0.3) is 0 Å². The minimum Gasteiger partial charge on any atom is -0.476 e. The molecule has 0 radical (unpaired) electrons. The lowest BCUT2D eigenvalue weighted by Gasteiger charge is -2.32. The van der Waals surface area contributed by atoms with Gasteiger partial charge in [0.2, 0.25) is 5.88 Å². The highest BCUT2D eigenvalue weighted by Crippen LogP contribution is 2.23. The summed E-state index contributed by atoms with van der Waals surface area (Å²) in [5.74, 6) is 1.07. The third-order valence-corrected chi connectivity index (χ3v) is 4.70. The lowest BCUT2D eigenvalue weighted by molar-refractivity contribution is 0.124. The molecular formula is C15H18ClN3OS. The summed E-state index contributed by atoms with van der Waals surface area (Å²) in [6.07, 6.45) is 6.07. The van der Waals surface area contributed by atoms with Crippen molar-refractivity contribution in [1.82, 2.24) is 14.9 Å². The Morgan fingerprint density at radius 2 is 2.43 bits per heavy atom. The second-order valence-electron chi connectivity index (χ2n) is 5.31. The molecule has 0 saturated carbocycles. The normalized spacial score (nSPS) is 19.6. The minimum atomic E-state index is 0.532. The Morgan fingerprint density at radius 1 is 1.48 bits per heavy atom. The van der Waals surface area contributed by atoms with Crippen molar-refractivity contribution >= 4 is 22.9 Å². The first-order valence-corrected chi connectivity index (χ1v) is 8.40. The minimum absolute atomic E-state index is 0.532. The Bertz CT molecular complexity index is 564. The number of aromatic nitrogens is 2. The molecule has 0 N–H and O–H groups in total. The molecule has 0 aliphatic carbocycles. The van der Waals surface area contributed by atoms with Crippen LogP contribution in [0.15, 0.2) is 30.0 Å². The van der Waals surface area contributed by atoms with E-state index in [1.165, 1.54) is 17.7 Å². The van der Waals surface area contributed by atoms with Crippen molar-refractivity contribution in [3.63, 3.8) is 0 Å². The van der Waals surface area contributed by atoms with Gasteiger partial charge in [-0.15, -0.1) is 11.3 Å². The molecule has 1 unspecified atom stereocenters. The molecule has 112 valence electrons. The third-order valence-electron chi connectivity index (χ3n) is 3.65. The SMILES string of the molecule is Clc1cccnc1OCC1CCCN(Cc2cncs2)C1. The first-order valence-electron chi connectivity index (χ1n) is 7.14. The van der Waals surface area contributed by atoms with Gasteiger partial charge in [0.1, 0.15) is 5.02 Å². The molecule has 3 heterocycles. The molecule has 4 nitrogen and oxygen atoms in total. The van der Waals surface area contributed by atoms with Gasteiger partial charge in [0.15, 0.2) is 0 Å². The summed E-state index contributed by atoms with van der Waals surface area (Å²) >= 11 is 7.78. The van der Waals surface area contributed by atoms with Crippen LogP contribution in [0.5, 0.6) is 5.88 Å². The topological polar surface area (TPSA) is 38.2 Å². The van der Waals surface area contributed by atoms with E-state index in [1.807, 2.05) is 17.8 Å². The van der Waals surface area contributed by atoms with Crippen molar-refractivity contribution in [3.05, 3.63) is 39.9 Å². The number of hydrogen-bond donors (Lipinski definition) is 0. The van der Waals surface area contributed by atoms with E-state index in [0.29, 0.717) is 23.4 Å². The van der Waals surface area contributed by atoms with Crippen LogP contribution in [0, 0.1) is 5.92 Å². The summed E-state index contributed by atoms with van der Waals surface area (Å²) < 4.78 is 5.78. The molecule has 1 atom stereocenters. The van der Waals surface area contributed by atoms with Gasteiger partial charge in [-0.05, 0) is 31.5 Å². The van der Waals surface area contributed by atoms with Crippen molar-refractivity contribution in [2.24, 2.45) is 5.92 Å². The second-order valence-corrected chi connectivity index (χ2v) is 6.69. The zero-order chi connectivity index (χ0) is 14.5. The maximum absolute atomic E-state index is 6.06. The summed E-state index contributed by atoms with van der Waals surface area (Å²) in [6, 6.07) is 3.62. The molecule has 2 aromatic rings. The third kappa shape index (κ3) is 4.15. The molecule has 0 aromatic carbocycles. The molecule has 0 spiro atoms. The van der Waals surface area contributed by atoms with Crippen LogP contribution in [0.4, 0.5) is 0 Å². The zero-order valence-corrected chi connectivity index (χ0v) is 13.3. The maximum atomic E-state index is 6.06. The van der Waals surface area contributed by atoms with E-state index in [0.717, 1.165) is 19.6 Å². The first-order chi connectivity index (χ1) is 10.3. The Hall–Kier alpha value is -1.17. The van der Waals surface area contributed by atoms with E-state index in [9.17, 15) is 0 Å². The number of halogens is 1. The molecule has 1 saturated heterocycles. The highest BCUT2D eigenvalue weighted by Gasteiger charge is 2.21. The van der Waals surface area contributed by atoms with Gasteiger partial charge in [-0.1, -0.05) is 11.6 Å². The largest absolute Gasteiger partial charge is 0.476 e. The average molecular weight is 324 g/mol. The fourth-order valence-corrected chi connectivity index (χ4v) is 3.46. The highest BCUT2D eigenvalue weighted by atomic mass is 35.5. The quantitative estimate of drug-likeness (QED) is 0.844. The standard InChI is InChI=1S/C15H18ClN3OS/c16-14-4-1-5-18-15(14)20-10-12-3-2-6-19(8-12)9-13-7-17-11-21-13/h1,4-5,7,11-12H,2-3,6,8-10H2. The lowest BCUT2D eigenvalue weighted by atomic mass is 9.99. The van der Waals surface area contributed by atoms with Gasteiger partial charge in [0.05, 0.1) is 12.1 Å². The second kappa shape index (κ2) is 7.20. The number of piperidine rings is 1. The number of ether oxygens (including phenoxy) is 1. The van der Waals surface area contributed by atoms with Crippen molar-refractivity contribution in [1.29, 1.82) is 0 Å². The van der Waals surface area contributed by atoms with Gasteiger partial charge in [-0.2, -0.15) is 0 Å². The predicted octanol–water partition coefficient (Wildman–Crippen LogP) is 3.48. The molecule has 3 rings (SSSR count). The predicted molar refractivity (Wildman–Crippen MR) is 84.9 cm³/mol. The molecule has 1 fully saturated rings. The molecule has 6 heteroatoms. The van der Waals surface area contributed by atoms with Crippen LogP contribution in [0.25, 0.3) is 0 Å². The monoisotopic (exact) mass is 323 g/mol. The van der Waals surface area contributed by atoms with Crippen molar-refractivity contribution in [3.8, 4) is 5.88 Å². The fourth-order valence-electron chi connectivity index (χ4n) is 2.65. The van der Waals surface area contributed by atoms with Crippen molar-refractivity contribution in [2.45, 2.75) is 19.4 Å². The highest BCUT2D eigenvalue weighted by molar-refractivity contribution is 7.09. The van der Waals surface area contributed by atoms with Crippen LogP contribution in [-0.2, 0) is 6.54 Å². The van der Waals surface area contributed by atoms with E-state index in [1.54, 1.807) is 23.6 Å². The average Bonchev–Trinajstić information content (AvgIpc) is 3.00. The van der Waals surface area contributed by atoms with Crippen LogP contribution in [0.1, 0.15) is 17.7 Å². The number of likely N-dealkylation sites (tertiary alicyclic amines) is 1. The molecule has 1 aliphatic heterocycles. The van der Waals surface area contributed by atoms with Crippen LogP contribution in [0.3, 0.4) is 0 Å².